The molecule has 0 unspecified atom stereocenters. The van der Waals surface area contributed by atoms with Crippen molar-refractivity contribution in [1.29, 1.82) is 0 Å². The first-order valence-corrected chi connectivity index (χ1v) is 12.7. The van der Waals surface area contributed by atoms with E-state index in [1.165, 1.54) is 10.8 Å². The number of rotatable bonds is 8. The Kier molecular flexibility index (Phi) is 6.60. The first kappa shape index (κ1) is 23.2. The van der Waals surface area contributed by atoms with Crippen LogP contribution in [0.1, 0.15) is 0 Å². The molecule has 6 aromatic rings. The molecule has 4 N–H and O–H groups in total. The molecule has 4 nitrogen and oxygen atoms in total. The third kappa shape index (κ3) is 5.77. The number of fused-ring (bicyclic) bond motifs is 1. The van der Waals surface area contributed by atoms with E-state index in [1.54, 1.807) is 0 Å². The van der Waals surface area contributed by atoms with Gasteiger partial charge in [0.1, 0.15) is 0 Å². The summed E-state index contributed by atoms with van der Waals surface area (Å²) in [7, 11) is 0. The molecule has 184 valence electrons. The number of anilines is 8. The summed E-state index contributed by atoms with van der Waals surface area (Å²) in [6, 6.07) is 49.9. The molecule has 0 aliphatic heterocycles. The van der Waals surface area contributed by atoms with E-state index in [1.807, 2.05) is 36.4 Å². The lowest BCUT2D eigenvalue weighted by molar-refractivity contribution is 1.52. The van der Waals surface area contributed by atoms with Crippen LogP contribution in [-0.2, 0) is 0 Å². The molecule has 0 atom stereocenters. The lowest BCUT2D eigenvalue weighted by Crippen LogP contribution is -1.94. The summed E-state index contributed by atoms with van der Waals surface area (Å²) < 4.78 is 0. The second-order valence-electron chi connectivity index (χ2n) is 9.16. The number of benzene rings is 6. The SMILES string of the molecule is c1ccc(Nc2ccc(Nc3ccc4ccc(Nc5ccc(Nc6ccccc6)cc5)cc4c3)cc2)cc1. The molecule has 0 amide bonds. The van der Waals surface area contributed by atoms with Crippen molar-refractivity contribution in [2.24, 2.45) is 0 Å². The van der Waals surface area contributed by atoms with E-state index in [-0.39, 0.29) is 0 Å². The van der Waals surface area contributed by atoms with E-state index >= 15 is 0 Å². The molecular formula is C34H28N4. The topological polar surface area (TPSA) is 48.1 Å². The first-order chi connectivity index (χ1) is 18.8. The molecule has 0 saturated heterocycles. The van der Waals surface area contributed by atoms with E-state index in [4.69, 9.17) is 0 Å². The largest absolute Gasteiger partial charge is 0.356 e. The molecule has 0 aliphatic carbocycles. The Morgan fingerprint density at radius 3 is 0.895 bits per heavy atom. The van der Waals surface area contributed by atoms with Crippen LogP contribution in [0, 0.1) is 0 Å². The van der Waals surface area contributed by atoms with Crippen LogP contribution >= 0.6 is 0 Å². The van der Waals surface area contributed by atoms with Gasteiger partial charge in [0.05, 0.1) is 0 Å². The van der Waals surface area contributed by atoms with Gasteiger partial charge in [-0.25, -0.2) is 0 Å². The molecular weight excluding hydrogens is 464 g/mol. The summed E-state index contributed by atoms with van der Waals surface area (Å²) in [6.07, 6.45) is 0. The second kappa shape index (κ2) is 10.8. The molecule has 4 heteroatoms. The summed E-state index contributed by atoms with van der Waals surface area (Å²) in [5.41, 5.74) is 8.45. The van der Waals surface area contributed by atoms with Crippen LogP contribution in [0.3, 0.4) is 0 Å². The zero-order chi connectivity index (χ0) is 25.6. The minimum absolute atomic E-state index is 1.04. The molecule has 0 radical (unpaired) electrons. The molecule has 0 heterocycles. The van der Waals surface area contributed by atoms with Crippen molar-refractivity contribution in [1.82, 2.24) is 0 Å². The Hall–Kier alpha value is -5.22. The van der Waals surface area contributed by atoms with Crippen LogP contribution in [-0.4, -0.2) is 0 Å². The minimum Gasteiger partial charge on any atom is -0.356 e. The normalized spacial score (nSPS) is 10.6. The lowest BCUT2D eigenvalue weighted by Gasteiger charge is -2.12. The zero-order valence-electron chi connectivity index (χ0n) is 20.9. The molecule has 0 aliphatic rings. The number of hydrogen-bond donors (Lipinski definition) is 4. The second-order valence-corrected chi connectivity index (χ2v) is 9.16. The van der Waals surface area contributed by atoms with Gasteiger partial charge in [0, 0.05) is 45.5 Å². The van der Waals surface area contributed by atoms with Crippen molar-refractivity contribution in [3.63, 3.8) is 0 Å². The van der Waals surface area contributed by atoms with Gasteiger partial charge in [-0.3, -0.25) is 0 Å². The highest BCUT2D eigenvalue weighted by Gasteiger charge is 2.02. The van der Waals surface area contributed by atoms with E-state index < -0.39 is 0 Å². The highest BCUT2D eigenvalue weighted by atomic mass is 14.9. The Labute approximate surface area is 223 Å². The van der Waals surface area contributed by atoms with Crippen LogP contribution in [0.5, 0.6) is 0 Å². The van der Waals surface area contributed by atoms with Gasteiger partial charge in [-0.15, -0.1) is 0 Å². The summed E-state index contributed by atoms with van der Waals surface area (Å²) in [5, 5.41) is 16.3. The van der Waals surface area contributed by atoms with E-state index in [0.29, 0.717) is 0 Å². The predicted octanol–water partition coefficient (Wildman–Crippen LogP) is 9.81. The van der Waals surface area contributed by atoms with Crippen molar-refractivity contribution >= 4 is 56.3 Å². The smallest absolute Gasteiger partial charge is 0.0390 e. The average Bonchev–Trinajstić information content (AvgIpc) is 2.96. The lowest BCUT2D eigenvalue weighted by atomic mass is 10.1. The van der Waals surface area contributed by atoms with Crippen LogP contribution < -0.4 is 21.3 Å². The molecule has 0 aromatic heterocycles. The van der Waals surface area contributed by atoms with E-state index in [0.717, 1.165) is 45.5 Å². The number of para-hydroxylation sites is 2. The summed E-state index contributed by atoms with van der Waals surface area (Å²) in [5.74, 6) is 0. The molecule has 38 heavy (non-hydrogen) atoms. The molecule has 0 fully saturated rings. The fraction of sp³-hybridized carbons (Fsp3) is 0. The van der Waals surface area contributed by atoms with Gasteiger partial charge < -0.3 is 21.3 Å². The van der Waals surface area contributed by atoms with Crippen molar-refractivity contribution in [2.45, 2.75) is 0 Å². The van der Waals surface area contributed by atoms with Gasteiger partial charge in [-0.1, -0.05) is 48.5 Å². The van der Waals surface area contributed by atoms with E-state index in [9.17, 15) is 0 Å². The van der Waals surface area contributed by atoms with Crippen LogP contribution in [0.15, 0.2) is 146 Å². The Morgan fingerprint density at radius 2 is 0.526 bits per heavy atom. The highest BCUT2D eigenvalue weighted by molar-refractivity contribution is 5.90. The Morgan fingerprint density at radius 1 is 0.237 bits per heavy atom. The summed E-state index contributed by atoms with van der Waals surface area (Å²) in [6.45, 7) is 0. The van der Waals surface area contributed by atoms with Crippen LogP contribution in [0.25, 0.3) is 10.8 Å². The van der Waals surface area contributed by atoms with Crippen molar-refractivity contribution in [3.8, 4) is 0 Å². The van der Waals surface area contributed by atoms with E-state index in [2.05, 4.69) is 130 Å². The maximum atomic E-state index is 3.53. The maximum absolute atomic E-state index is 3.53. The maximum Gasteiger partial charge on any atom is 0.0390 e. The third-order valence-electron chi connectivity index (χ3n) is 6.31. The van der Waals surface area contributed by atoms with Crippen LogP contribution in [0.4, 0.5) is 45.5 Å². The molecule has 0 bridgehead atoms. The predicted molar refractivity (Wildman–Crippen MR) is 163 cm³/mol. The number of hydrogen-bond acceptors (Lipinski definition) is 4. The average molecular weight is 493 g/mol. The van der Waals surface area contributed by atoms with Gasteiger partial charge in [0.25, 0.3) is 0 Å². The summed E-state index contributed by atoms with van der Waals surface area (Å²) >= 11 is 0. The van der Waals surface area contributed by atoms with Gasteiger partial charge in [-0.2, -0.15) is 0 Å². The fourth-order valence-electron chi connectivity index (χ4n) is 4.39. The monoisotopic (exact) mass is 492 g/mol. The van der Waals surface area contributed by atoms with Crippen molar-refractivity contribution in [3.05, 3.63) is 146 Å². The first-order valence-electron chi connectivity index (χ1n) is 12.7. The van der Waals surface area contributed by atoms with Gasteiger partial charge >= 0.3 is 0 Å². The van der Waals surface area contributed by atoms with Crippen molar-refractivity contribution < 1.29 is 0 Å². The standard InChI is InChI=1S/C34H28N4/c1-3-7-27(8-4-1)35-29-15-19-31(20-16-29)37-33-13-11-25-12-14-34(24-26(25)23-33)38-32-21-17-30(18-22-32)36-28-9-5-2-6-10-28/h1-24,35-38H. The molecule has 0 saturated carbocycles. The summed E-state index contributed by atoms with van der Waals surface area (Å²) in [4.78, 5) is 0. The van der Waals surface area contributed by atoms with Gasteiger partial charge in [0.15, 0.2) is 0 Å². The van der Waals surface area contributed by atoms with Gasteiger partial charge in [0.2, 0.25) is 0 Å². The number of nitrogens with one attached hydrogen (secondary N) is 4. The quantitative estimate of drug-likeness (QED) is 0.171. The third-order valence-corrected chi connectivity index (χ3v) is 6.31. The Balaban J connectivity index is 1.12. The zero-order valence-corrected chi connectivity index (χ0v) is 20.9. The highest BCUT2D eigenvalue weighted by Crippen LogP contribution is 2.28. The van der Waals surface area contributed by atoms with Crippen LogP contribution in [0.2, 0.25) is 0 Å². The molecule has 6 aromatic carbocycles. The Bertz CT molecular complexity index is 1510. The minimum atomic E-state index is 1.04. The van der Waals surface area contributed by atoms with Crippen molar-refractivity contribution in [2.75, 3.05) is 21.3 Å². The molecule has 6 rings (SSSR count). The fourth-order valence-corrected chi connectivity index (χ4v) is 4.39. The van der Waals surface area contributed by atoms with Gasteiger partial charge in [-0.05, 0) is 108 Å². The molecule has 0 spiro atoms.